The van der Waals surface area contributed by atoms with Gasteiger partial charge in [-0.05, 0) is 6.92 Å². The molecule has 2 aromatic rings. The number of H-pyrrole nitrogens is 1. The maximum absolute atomic E-state index is 9.70. The lowest BCUT2D eigenvalue weighted by atomic mass is 10.2. The van der Waals surface area contributed by atoms with Gasteiger partial charge in [0.25, 0.3) is 0 Å². The molecule has 1 unspecified atom stereocenters. The lowest BCUT2D eigenvalue weighted by Gasteiger charge is -2.03. The number of aromatic amines is 1. The summed E-state index contributed by atoms with van der Waals surface area (Å²) in [5.41, 5.74) is 0.886. The number of thiazole rings is 1. The summed E-state index contributed by atoms with van der Waals surface area (Å²) in [6.07, 6.45) is 1.20. The number of nitrogens with one attached hydrogen (secondary N) is 1. The quantitative estimate of drug-likeness (QED) is 0.787. The summed E-state index contributed by atoms with van der Waals surface area (Å²) < 4.78 is 0. The van der Waals surface area contributed by atoms with Gasteiger partial charge in [-0.25, -0.2) is 9.97 Å². The first-order valence-electron chi connectivity index (χ1n) is 4.20. The van der Waals surface area contributed by atoms with Crippen molar-refractivity contribution < 1.29 is 5.11 Å². The lowest BCUT2D eigenvalue weighted by Crippen LogP contribution is -2.04. The maximum atomic E-state index is 9.70. The molecule has 6 heteroatoms. The summed E-state index contributed by atoms with van der Waals surface area (Å²) in [7, 11) is 0. The standard InChI is InChI=1S/C8H10N4OS/c1-5-11-6(3-14-5)2-7(13)8-9-4-10-12-8/h3-4,7,13H,2H2,1H3,(H,9,10,12). The monoisotopic (exact) mass is 210 g/mol. The highest BCUT2D eigenvalue weighted by molar-refractivity contribution is 7.09. The Morgan fingerprint density at radius 2 is 2.50 bits per heavy atom. The van der Waals surface area contributed by atoms with Gasteiger partial charge in [-0.3, -0.25) is 5.10 Å². The maximum Gasteiger partial charge on any atom is 0.153 e. The van der Waals surface area contributed by atoms with Crippen LogP contribution in [0.15, 0.2) is 11.7 Å². The van der Waals surface area contributed by atoms with Crippen molar-refractivity contribution in [1.29, 1.82) is 0 Å². The average molecular weight is 210 g/mol. The molecule has 2 aromatic heterocycles. The molecule has 0 saturated carbocycles. The molecule has 0 aliphatic heterocycles. The number of aryl methyl sites for hydroxylation is 1. The van der Waals surface area contributed by atoms with Gasteiger partial charge in [0.2, 0.25) is 0 Å². The minimum atomic E-state index is -0.654. The molecular weight excluding hydrogens is 200 g/mol. The fourth-order valence-corrected chi connectivity index (χ4v) is 1.80. The fourth-order valence-electron chi connectivity index (χ4n) is 1.17. The van der Waals surface area contributed by atoms with Crippen LogP contribution in [-0.4, -0.2) is 25.3 Å². The van der Waals surface area contributed by atoms with E-state index in [1.54, 1.807) is 11.3 Å². The van der Waals surface area contributed by atoms with E-state index in [1.807, 2.05) is 12.3 Å². The van der Waals surface area contributed by atoms with Gasteiger partial charge >= 0.3 is 0 Å². The van der Waals surface area contributed by atoms with Crippen molar-refractivity contribution in [3.8, 4) is 0 Å². The topological polar surface area (TPSA) is 74.7 Å². The third kappa shape index (κ3) is 1.97. The highest BCUT2D eigenvalue weighted by atomic mass is 32.1. The molecule has 1 atom stereocenters. The van der Waals surface area contributed by atoms with Gasteiger partial charge in [0.1, 0.15) is 12.4 Å². The van der Waals surface area contributed by atoms with Crippen LogP contribution in [0.4, 0.5) is 0 Å². The number of aromatic nitrogens is 4. The molecule has 0 saturated heterocycles. The van der Waals surface area contributed by atoms with Crippen molar-refractivity contribution in [2.24, 2.45) is 0 Å². The van der Waals surface area contributed by atoms with Crippen LogP contribution in [0.5, 0.6) is 0 Å². The summed E-state index contributed by atoms with van der Waals surface area (Å²) >= 11 is 1.58. The molecule has 0 spiro atoms. The summed E-state index contributed by atoms with van der Waals surface area (Å²) in [5, 5.41) is 19.0. The van der Waals surface area contributed by atoms with Crippen molar-refractivity contribution in [3.63, 3.8) is 0 Å². The Bertz CT molecular complexity index is 397. The predicted octanol–water partition coefficient (Wildman–Crippen LogP) is 0.846. The molecule has 2 rings (SSSR count). The minimum absolute atomic E-state index is 0.472. The molecule has 0 aliphatic rings. The Hall–Kier alpha value is -1.27. The molecule has 2 heterocycles. The molecule has 0 amide bonds. The largest absolute Gasteiger partial charge is 0.385 e. The molecule has 2 N–H and O–H groups in total. The first-order chi connectivity index (χ1) is 6.75. The van der Waals surface area contributed by atoms with Crippen LogP contribution < -0.4 is 0 Å². The summed E-state index contributed by atoms with van der Waals surface area (Å²) in [4.78, 5) is 8.14. The zero-order chi connectivity index (χ0) is 9.97. The van der Waals surface area contributed by atoms with E-state index in [9.17, 15) is 5.11 Å². The zero-order valence-corrected chi connectivity index (χ0v) is 8.45. The van der Waals surface area contributed by atoms with Gasteiger partial charge in [0.05, 0.1) is 10.7 Å². The van der Waals surface area contributed by atoms with Crippen molar-refractivity contribution in [1.82, 2.24) is 20.2 Å². The summed E-state index contributed by atoms with van der Waals surface area (Å²) in [6, 6.07) is 0. The summed E-state index contributed by atoms with van der Waals surface area (Å²) in [6.45, 7) is 1.94. The second kappa shape index (κ2) is 3.85. The molecule has 0 aliphatic carbocycles. The lowest BCUT2D eigenvalue weighted by molar-refractivity contribution is 0.167. The van der Waals surface area contributed by atoms with E-state index in [2.05, 4.69) is 20.2 Å². The molecular formula is C8H10N4OS. The molecule has 0 bridgehead atoms. The van der Waals surface area contributed by atoms with E-state index >= 15 is 0 Å². The first-order valence-corrected chi connectivity index (χ1v) is 5.08. The Morgan fingerprint density at radius 1 is 1.64 bits per heavy atom. The van der Waals surface area contributed by atoms with Crippen molar-refractivity contribution in [2.75, 3.05) is 0 Å². The number of hydrogen-bond acceptors (Lipinski definition) is 5. The number of hydrogen-bond donors (Lipinski definition) is 2. The zero-order valence-electron chi connectivity index (χ0n) is 7.64. The minimum Gasteiger partial charge on any atom is -0.385 e. The molecule has 74 valence electrons. The molecule has 0 aromatic carbocycles. The van der Waals surface area contributed by atoms with Gasteiger partial charge in [-0.15, -0.1) is 11.3 Å². The fraction of sp³-hybridized carbons (Fsp3) is 0.375. The van der Waals surface area contributed by atoms with E-state index < -0.39 is 6.10 Å². The van der Waals surface area contributed by atoms with Crippen molar-refractivity contribution in [3.05, 3.63) is 28.2 Å². The van der Waals surface area contributed by atoms with Crippen LogP contribution in [0.2, 0.25) is 0 Å². The van der Waals surface area contributed by atoms with Crippen molar-refractivity contribution in [2.45, 2.75) is 19.4 Å². The number of rotatable bonds is 3. The first kappa shape index (κ1) is 9.29. The average Bonchev–Trinajstić information content (AvgIpc) is 2.75. The van der Waals surface area contributed by atoms with E-state index in [0.717, 1.165) is 10.7 Å². The second-order valence-electron chi connectivity index (χ2n) is 2.95. The van der Waals surface area contributed by atoms with Crippen LogP contribution in [0.1, 0.15) is 22.6 Å². The number of nitrogens with zero attached hydrogens (tertiary/aromatic N) is 3. The number of aliphatic hydroxyl groups is 1. The Morgan fingerprint density at radius 3 is 3.07 bits per heavy atom. The van der Waals surface area contributed by atoms with Crippen LogP contribution in [0.25, 0.3) is 0 Å². The van der Waals surface area contributed by atoms with Crippen LogP contribution in [0.3, 0.4) is 0 Å². The molecule has 0 fully saturated rings. The van der Waals surface area contributed by atoms with Gasteiger partial charge in [-0.1, -0.05) is 0 Å². The van der Waals surface area contributed by atoms with E-state index in [0.29, 0.717) is 12.2 Å². The smallest absolute Gasteiger partial charge is 0.153 e. The molecule has 14 heavy (non-hydrogen) atoms. The van der Waals surface area contributed by atoms with Crippen molar-refractivity contribution >= 4 is 11.3 Å². The van der Waals surface area contributed by atoms with E-state index in [1.165, 1.54) is 6.33 Å². The predicted molar refractivity (Wildman–Crippen MR) is 51.9 cm³/mol. The van der Waals surface area contributed by atoms with Gasteiger partial charge in [-0.2, -0.15) is 5.10 Å². The van der Waals surface area contributed by atoms with Crippen LogP contribution >= 0.6 is 11.3 Å². The highest BCUT2D eigenvalue weighted by Crippen LogP contribution is 2.16. The Kier molecular flexibility index (Phi) is 2.55. The van der Waals surface area contributed by atoms with Gasteiger partial charge in [0.15, 0.2) is 5.82 Å². The van der Waals surface area contributed by atoms with E-state index in [-0.39, 0.29) is 0 Å². The third-order valence-corrected chi connectivity index (χ3v) is 2.64. The third-order valence-electron chi connectivity index (χ3n) is 1.82. The Balaban J connectivity index is 2.05. The molecule has 0 radical (unpaired) electrons. The van der Waals surface area contributed by atoms with Crippen LogP contribution in [-0.2, 0) is 6.42 Å². The van der Waals surface area contributed by atoms with Gasteiger partial charge < -0.3 is 5.11 Å². The van der Waals surface area contributed by atoms with Crippen LogP contribution in [0, 0.1) is 6.92 Å². The highest BCUT2D eigenvalue weighted by Gasteiger charge is 2.12. The summed E-state index contributed by atoms with van der Waals surface area (Å²) in [5.74, 6) is 0.482. The number of aliphatic hydroxyl groups excluding tert-OH is 1. The van der Waals surface area contributed by atoms with Gasteiger partial charge in [0, 0.05) is 11.8 Å². The SMILES string of the molecule is Cc1nc(CC(O)c2ncn[nH]2)cs1. The molecule has 5 nitrogen and oxygen atoms in total. The second-order valence-corrected chi connectivity index (χ2v) is 4.01. The van der Waals surface area contributed by atoms with E-state index in [4.69, 9.17) is 0 Å². The Labute approximate surface area is 84.9 Å². The normalized spacial score (nSPS) is 13.0.